The summed E-state index contributed by atoms with van der Waals surface area (Å²) in [6.45, 7) is 4.68. The molecular formula is C52H37N3. The molecule has 0 amide bonds. The van der Waals surface area contributed by atoms with Crippen molar-refractivity contribution in [2.75, 3.05) is 0 Å². The van der Waals surface area contributed by atoms with Crippen LogP contribution in [0.4, 0.5) is 0 Å². The fraction of sp³-hybridized carbons (Fsp3) is 0.0577. The van der Waals surface area contributed by atoms with Crippen molar-refractivity contribution in [1.29, 1.82) is 0 Å². The van der Waals surface area contributed by atoms with Crippen LogP contribution in [0, 0.1) is 0 Å². The Bertz CT molecular complexity index is 2790. The highest BCUT2D eigenvalue weighted by atomic mass is 15.0. The van der Waals surface area contributed by atoms with E-state index in [0.717, 1.165) is 49.7 Å². The Morgan fingerprint density at radius 3 is 1.29 bits per heavy atom. The molecular weight excluding hydrogens is 667 g/mol. The Labute approximate surface area is 321 Å². The first-order valence-corrected chi connectivity index (χ1v) is 18.9. The van der Waals surface area contributed by atoms with Gasteiger partial charge in [-0.25, -0.2) is 15.0 Å². The van der Waals surface area contributed by atoms with Gasteiger partial charge in [0.2, 0.25) is 0 Å². The van der Waals surface area contributed by atoms with Gasteiger partial charge in [0, 0.05) is 22.1 Å². The van der Waals surface area contributed by atoms with Crippen LogP contribution in [0.25, 0.3) is 89.4 Å². The van der Waals surface area contributed by atoms with Crippen LogP contribution in [-0.2, 0) is 5.41 Å². The molecule has 10 rings (SSSR count). The molecule has 0 spiro atoms. The van der Waals surface area contributed by atoms with E-state index in [0.29, 0.717) is 17.5 Å². The van der Waals surface area contributed by atoms with Crippen LogP contribution in [0.2, 0.25) is 0 Å². The molecule has 0 atom stereocenters. The molecule has 3 heteroatoms. The third-order valence-corrected chi connectivity index (χ3v) is 11.2. The molecule has 8 aromatic carbocycles. The summed E-state index contributed by atoms with van der Waals surface area (Å²) in [4.78, 5) is 15.9. The molecule has 1 heterocycles. The van der Waals surface area contributed by atoms with Gasteiger partial charge in [-0.15, -0.1) is 0 Å². The first-order chi connectivity index (χ1) is 27.0. The summed E-state index contributed by atoms with van der Waals surface area (Å²) < 4.78 is 0. The summed E-state index contributed by atoms with van der Waals surface area (Å²) in [5.74, 6) is 1.91. The Morgan fingerprint density at radius 1 is 0.291 bits per heavy atom. The lowest BCUT2D eigenvalue weighted by Gasteiger charge is -2.22. The van der Waals surface area contributed by atoms with Crippen molar-refractivity contribution >= 4 is 10.8 Å². The van der Waals surface area contributed by atoms with E-state index >= 15 is 0 Å². The van der Waals surface area contributed by atoms with Crippen molar-refractivity contribution in [2.45, 2.75) is 19.3 Å². The van der Waals surface area contributed by atoms with E-state index < -0.39 is 0 Å². The number of nitrogens with zero attached hydrogens (tertiary/aromatic N) is 3. The summed E-state index contributed by atoms with van der Waals surface area (Å²) in [6.07, 6.45) is 0. The first kappa shape index (κ1) is 32.7. The van der Waals surface area contributed by atoms with Gasteiger partial charge in [-0.3, -0.25) is 0 Å². The minimum absolute atomic E-state index is 0.0819. The SMILES string of the molecule is CC1(C)c2ccccc2-c2ccc(-c3cccc4c(-c5nc(-c6ccccc6-c6ccccc6)nc(-c6ccccc6-c6ccccc6)n5)cccc34)cc21. The molecule has 1 aliphatic carbocycles. The van der Waals surface area contributed by atoms with Gasteiger partial charge in [0.25, 0.3) is 0 Å². The standard InChI is InChI=1S/C52H37N3/c1-52(2)47-30-14-13-23-42(47)43-32-31-36(33-48(43)52)39-26-15-28-41-40(39)27-16-29-46(41)51-54-49(44-24-11-9-21-37(44)34-17-5-3-6-18-34)53-50(55-51)45-25-12-10-22-38(45)35-19-7-4-8-20-35/h3-33H,1-2H3. The van der Waals surface area contributed by atoms with E-state index in [4.69, 9.17) is 15.0 Å². The van der Waals surface area contributed by atoms with E-state index in [1.807, 2.05) is 12.1 Å². The molecule has 0 fully saturated rings. The third-order valence-electron chi connectivity index (χ3n) is 11.2. The van der Waals surface area contributed by atoms with Gasteiger partial charge in [0.15, 0.2) is 17.5 Å². The topological polar surface area (TPSA) is 38.7 Å². The van der Waals surface area contributed by atoms with Crippen molar-refractivity contribution in [2.24, 2.45) is 0 Å². The van der Waals surface area contributed by atoms with Crippen LogP contribution in [-0.4, -0.2) is 15.0 Å². The van der Waals surface area contributed by atoms with Crippen molar-refractivity contribution in [3.63, 3.8) is 0 Å². The Morgan fingerprint density at radius 2 is 0.709 bits per heavy atom. The second-order valence-corrected chi connectivity index (χ2v) is 14.8. The lowest BCUT2D eigenvalue weighted by molar-refractivity contribution is 0.660. The zero-order chi connectivity index (χ0) is 36.9. The highest BCUT2D eigenvalue weighted by Gasteiger charge is 2.35. The highest BCUT2D eigenvalue weighted by Crippen LogP contribution is 2.50. The molecule has 9 aromatic rings. The lowest BCUT2D eigenvalue weighted by atomic mass is 9.81. The molecule has 0 aliphatic heterocycles. The second-order valence-electron chi connectivity index (χ2n) is 14.8. The summed E-state index contributed by atoms with van der Waals surface area (Å²) in [5.41, 5.74) is 15.0. The van der Waals surface area contributed by atoms with Gasteiger partial charge in [0.05, 0.1) is 0 Å². The summed E-state index contributed by atoms with van der Waals surface area (Å²) in [6, 6.07) is 66.6. The van der Waals surface area contributed by atoms with E-state index in [2.05, 4.69) is 190 Å². The molecule has 0 N–H and O–H groups in total. The predicted molar refractivity (Wildman–Crippen MR) is 228 cm³/mol. The fourth-order valence-corrected chi connectivity index (χ4v) is 8.46. The summed E-state index contributed by atoms with van der Waals surface area (Å²) >= 11 is 0. The molecule has 0 saturated heterocycles. The molecule has 260 valence electrons. The highest BCUT2D eigenvalue weighted by molar-refractivity contribution is 6.04. The summed E-state index contributed by atoms with van der Waals surface area (Å²) in [7, 11) is 0. The molecule has 1 aromatic heterocycles. The van der Waals surface area contributed by atoms with Crippen molar-refractivity contribution in [3.05, 3.63) is 199 Å². The number of hydrogen-bond acceptors (Lipinski definition) is 3. The van der Waals surface area contributed by atoms with Crippen molar-refractivity contribution in [1.82, 2.24) is 15.0 Å². The van der Waals surface area contributed by atoms with Crippen molar-refractivity contribution in [3.8, 4) is 78.7 Å². The molecule has 1 aliphatic rings. The van der Waals surface area contributed by atoms with Gasteiger partial charge >= 0.3 is 0 Å². The maximum atomic E-state index is 5.31. The second kappa shape index (κ2) is 13.2. The molecule has 3 nitrogen and oxygen atoms in total. The zero-order valence-corrected chi connectivity index (χ0v) is 30.7. The van der Waals surface area contributed by atoms with Gasteiger partial charge in [0.1, 0.15) is 0 Å². The van der Waals surface area contributed by atoms with Gasteiger partial charge in [-0.1, -0.05) is 196 Å². The van der Waals surface area contributed by atoms with Gasteiger partial charge < -0.3 is 0 Å². The molecule has 55 heavy (non-hydrogen) atoms. The maximum absolute atomic E-state index is 5.31. The third kappa shape index (κ3) is 5.55. The number of rotatable bonds is 6. The van der Waals surface area contributed by atoms with Crippen molar-refractivity contribution < 1.29 is 0 Å². The van der Waals surface area contributed by atoms with Gasteiger partial charge in [-0.2, -0.15) is 0 Å². The Balaban J connectivity index is 1.18. The maximum Gasteiger partial charge on any atom is 0.164 e. The smallest absolute Gasteiger partial charge is 0.164 e. The number of benzene rings is 8. The minimum Gasteiger partial charge on any atom is -0.208 e. The van der Waals surface area contributed by atoms with Crippen LogP contribution >= 0.6 is 0 Å². The van der Waals surface area contributed by atoms with Gasteiger partial charge in [-0.05, 0) is 72.5 Å². The molecule has 0 saturated carbocycles. The van der Waals surface area contributed by atoms with Crippen LogP contribution in [0.5, 0.6) is 0 Å². The monoisotopic (exact) mass is 703 g/mol. The number of aromatic nitrogens is 3. The van der Waals surface area contributed by atoms with Crippen LogP contribution in [0.3, 0.4) is 0 Å². The Kier molecular flexibility index (Phi) is 7.81. The average Bonchev–Trinajstić information content (AvgIpc) is 3.49. The van der Waals surface area contributed by atoms with E-state index in [1.54, 1.807) is 0 Å². The van der Waals surface area contributed by atoms with Crippen LogP contribution < -0.4 is 0 Å². The zero-order valence-electron chi connectivity index (χ0n) is 30.7. The lowest BCUT2D eigenvalue weighted by Crippen LogP contribution is -2.14. The Hall–Kier alpha value is -6.97. The van der Waals surface area contributed by atoms with E-state index in [1.165, 1.54) is 33.4 Å². The summed E-state index contributed by atoms with van der Waals surface area (Å²) in [5, 5.41) is 2.25. The molecule has 0 radical (unpaired) electrons. The number of hydrogen-bond donors (Lipinski definition) is 0. The van der Waals surface area contributed by atoms with Crippen LogP contribution in [0.15, 0.2) is 188 Å². The number of fused-ring (bicyclic) bond motifs is 4. The van der Waals surface area contributed by atoms with E-state index in [-0.39, 0.29) is 5.41 Å². The fourth-order valence-electron chi connectivity index (χ4n) is 8.46. The predicted octanol–water partition coefficient (Wildman–Crippen LogP) is 13.3. The largest absolute Gasteiger partial charge is 0.208 e. The quantitative estimate of drug-likeness (QED) is 0.173. The molecule has 0 bridgehead atoms. The minimum atomic E-state index is -0.0819. The molecule has 0 unspecified atom stereocenters. The average molecular weight is 704 g/mol. The van der Waals surface area contributed by atoms with Crippen LogP contribution in [0.1, 0.15) is 25.0 Å². The van der Waals surface area contributed by atoms with E-state index in [9.17, 15) is 0 Å². The first-order valence-electron chi connectivity index (χ1n) is 18.9. The normalized spacial score (nSPS) is 12.7.